The summed E-state index contributed by atoms with van der Waals surface area (Å²) in [5, 5.41) is 2.71. The van der Waals surface area contributed by atoms with Gasteiger partial charge in [-0.25, -0.2) is 9.79 Å². The van der Waals surface area contributed by atoms with Gasteiger partial charge in [0.15, 0.2) is 5.96 Å². The van der Waals surface area contributed by atoms with E-state index in [0.29, 0.717) is 28.9 Å². The molecule has 0 heterocycles. The van der Waals surface area contributed by atoms with Gasteiger partial charge in [-0.15, -0.1) is 0 Å². The van der Waals surface area contributed by atoms with Crippen LogP contribution in [0.2, 0.25) is 0 Å². The summed E-state index contributed by atoms with van der Waals surface area (Å²) in [6.45, 7) is 0. The van der Waals surface area contributed by atoms with Gasteiger partial charge in [-0.05, 0) is 42.3 Å². The van der Waals surface area contributed by atoms with Gasteiger partial charge in [-0.1, -0.05) is 12.1 Å². The fraction of sp³-hybridized carbons (Fsp3) is 0.200. The number of ether oxygens (including phenoxy) is 2. The van der Waals surface area contributed by atoms with Crippen LogP contribution in [0.4, 0.5) is 11.4 Å². The molecule has 2 aromatic carbocycles. The van der Waals surface area contributed by atoms with Crippen LogP contribution in [0.1, 0.15) is 32.7 Å². The van der Waals surface area contributed by atoms with Crippen molar-refractivity contribution in [1.82, 2.24) is 0 Å². The number of aliphatic imine (C=N–C) groups is 1. The minimum absolute atomic E-state index is 0.115. The van der Waals surface area contributed by atoms with Gasteiger partial charge in [0.2, 0.25) is 0 Å². The van der Waals surface area contributed by atoms with Crippen molar-refractivity contribution in [3.05, 3.63) is 59.2 Å². The number of anilines is 1. The number of nitrogens with one attached hydrogen (secondary N) is 1. The molecule has 0 saturated heterocycles. The summed E-state index contributed by atoms with van der Waals surface area (Å²) in [6.07, 6.45) is 0.412. The van der Waals surface area contributed by atoms with Crippen molar-refractivity contribution in [3.8, 4) is 0 Å². The highest BCUT2D eigenvalue weighted by atomic mass is 16.5. The van der Waals surface area contributed by atoms with Crippen LogP contribution < -0.4 is 16.8 Å². The van der Waals surface area contributed by atoms with Crippen molar-refractivity contribution in [2.75, 3.05) is 19.5 Å². The molecule has 0 spiro atoms. The van der Waals surface area contributed by atoms with Gasteiger partial charge >= 0.3 is 11.9 Å². The van der Waals surface area contributed by atoms with E-state index in [1.807, 2.05) is 0 Å². The minimum atomic E-state index is -0.573. The third-order valence-electron chi connectivity index (χ3n) is 3.97. The van der Waals surface area contributed by atoms with E-state index in [2.05, 4.69) is 15.0 Å². The molecule has 0 aliphatic carbocycles. The molecule has 9 nitrogen and oxygen atoms in total. The quantitative estimate of drug-likeness (QED) is 0.366. The van der Waals surface area contributed by atoms with E-state index < -0.39 is 11.9 Å². The zero-order chi connectivity index (χ0) is 21.4. The summed E-state index contributed by atoms with van der Waals surface area (Å²) in [6, 6.07) is 11.2. The maximum Gasteiger partial charge on any atom is 0.338 e. The molecule has 0 fully saturated rings. The summed E-state index contributed by atoms with van der Waals surface area (Å²) in [4.78, 5) is 39.9. The number of rotatable bonds is 7. The number of benzene rings is 2. The van der Waals surface area contributed by atoms with Crippen LogP contribution in [-0.2, 0) is 20.7 Å². The van der Waals surface area contributed by atoms with E-state index in [1.165, 1.54) is 26.4 Å². The highest BCUT2D eigenvalue weighted by molar-refractivity contribution is 6.05. The Bertz CT molecular complexity index is 952. The predicted octanol–water partition coefficient (Wildman–Crippen LogP) is 1.74. The average molecular weight is 398 g/mol. The minimum Gasteiger partial charge on any atom is -0.469 e. The number of carbonyl (C=O) groups is 3. The van der Waals surface area contributed by atoms with E-state index in [4.69, 9.17) is 16.2 Å². The van der Waals surface area contributed by atoms with Crippen LogP contribution in [0.3, 0.4) is 0 Å². The number of hydrogen-bond donors (Lipinski definition) is 3. The number of esters is 2. The summed E-state index contributed by atoms with van der Waals surface area (Å²) < 4.78 is 9.42. The number of hydrogen-bond acceptors (Lipinski definition) is 6. The van der Waals surface area contributed by atoms with Crippen LogP contribution >= 0.6 is 0 Å². The van der Waals surface area contributed by atoms with Crippen LogP contribution in [0.15, 0.2) is 47.5 Å². The second-order valence-electron chi connectivity index (χ2n) is 5.98. The zero-order valence-electron chi connectivity index (χ0n) is 16.1. The maximum absolute atomic E-state index is 12.5. The Morgan fingerprint density at radius 2 is 1.79 bits per heavy atom. The molecule has 0 aliphatic heterocycles. The second-order valence-corrected chi connectivity index (χ2v) is 5.98. The van der Waals surface area contributed by atoms with Crippen LogP contribution in [0, 0.1) is 0 Å². The lowest BCUT2D eigenvalue weighted by Gasteiger charge is -2.11. The topological polar surface area (TPSA) is 146 Å². The van der Waals surface area contributed by atoms with E-state index in [-0.39, 0.29) is 23.9 Å². The SMILES string of the molecule is COC(=O)CCc1ccc(NC(=O)c2cccc(N=C(N)N)c2)cc1C(=O)OC. The number of amides is 1. The number of guanidine groups is 1. The van der Waals surface area contributed by atoms with Crippen molar-refractivity contribution >= 4 is 35.2 Å². The average Bonchev–Trinajstić information content (AvgIpc) is 2.71. The first kappa shape index (κ1) is 21.4. The molecule has 0 aromatic heterocycles. The lowest BCUT2D eigenvalue weighted by Crippen LogP contribution is -2.22. The summed E-state index contributed by atoms with van der Waals surface area (Å²) in [5.41, 5.74) is 12.7. The second kappa shape index (κ2) is 9.88. The van der Waals surface area contributed by atoms with Gasteiger partial charge in [-0.3, -0.25) is 9.59 Å². The largest absolute Gasteiger partial charge is 0.469 e. The van der Waals surface area contributed by atoms with Crippen molar-refractivity contribution in [3.63, 3.8) is 0 Å². The molecule has 0 unspecified atom stereocenters. The molecule has 0 bridgehead atoms. The monoisotopic (exact) mass is 398 g/mol. The number of methoxy groups -OCH3 is 2. The van der Waals surface area contributed by atoms with Gasteiger partial charge in [-0.2, -0.15) is 0 Å². The van der Waals surface area contributed by atoms with E-state index in [9.17, 15) is 14.4 Å². The van der Waals surface area contributed by atoms with Crippen molar-refractivity contribution in [2.45, 2.75) is 12.8 Å². The lowest BCUT2D eigenvalue weighted by molar-refractivity contribution is -0.140. The summed E-state index contributed by atoms with van der Waals surface area (Å²) in [5.74, 6) is -1.49. The number of nitrogens with zero attached hydrogens (tertiary/aromatic N) is 1. The zero-order valence-corrected chi connectivity index (χ0v) is 16.1. The smallest absolute Gasteiger partial charge is 0.338 e. The number of carbonyl (C=O) groups excluding carboxylic acids is 3. The Balaban J connectivity index is 2.24. The third kappa shape index (κ3) is 6.06. The first-order valence-electron chi connectivity index (χ1n) is 8.63. The maximum atomic E-state index is 12.5. The molecule has 0 atom stereocenters. The molecule has 0 saturated carbocycles. The lowest BCUT2D eigenvalue weighted by atomic mass is 10.0. The van der Waals surface area contributed by atoms with Crippen LogP contribution in [-0.4, -0.2) is 38.0 Å². The van der Waals surface area contributed by atoms with Gasteiger partial charge < -0.3 is 26.3 Å². The Kier molecular flexibility index (Phi) is 7.30. The molecule has 9 heteroatoms. The van der Waals surface area contributed by atoms with Crippen molar-refractivity contribution in [2.24, 2.45) is 16.5 Å². The molecular formula is C20H22N4O5. The highest BCUT2D eigenvalue weighted by Crippen LogP contribution is 2.21. The van der Waals surface area contributed by atoms with E-state index in [1.54, 1.807) is 30.3 Å². The Hall–Kier alpha value is -3.88. The number of nitrogens with two attached hydrogens (primary N) is 2. The fourth-order valence-electron chi connectivity index (χ4n) is 2.58. The van der Waals surface area contributed by atoms with Crippen LogP contribution in [0.5, 0.6) is 0 Å². The van der Waals surface area contributed by atoms with E-state index in [0.717, 1.165) is 0 Å². The molecule has 1 amide bonds. The Labute approximate surface area is 167 Å². The molecule has 152 valence electrons. The standard InChI is InChI=1S/C20H22N4O5/c1-28-17(25)9-7-12-6-8-15(11-16(12)19(27)29-2)23-18(26)13-4-3-5-14(10-13)24-20(21)22/h3-6,8,10-11H,7,9H2,1-2H3,(H,23,26)(H4,21,22,24). The first-order valence-corrected chi connectivity index (χ1v) is 8.63. The summed E-state index contributed by atoms with van der Waals surface area (Å²) in [7, 11) is 2.55. The molecular weight excluding hydrogens is 376 g/mol. The van der Waals surface area contributed by atoms with Crippen molar-refractivity contribution in [1.29, 1.82) is 0 Å². The van der Waals surface area contributed by atoms with Crippen molar-refractivity contribution < 1.29 is 23.9 Å². The Morgan fingerprint density at radius 1 is 1.03 bits per heavy atom. The van der Waals surface area contributed by atoms with Crippen LogP contribution in [0.25, 0.3) is 0 Å². The molecule has 29 heavy (non-hydrogen) atoms. The fourth-order valence-corrected chi connectivity index (χ4v) is 2.58. The molecule has 2 aromatic rings. The summed E-state index contributed by atoms with van der Waals surface area (Å²) >= 11 is 0. The van der Waals surface area contributed by atoms with E-state index >= 15 is 0 Å². The predicted molar refractivity (Wildman–Crippen MR) is 108 cm³/mol. The number of aryl methyl sites for hydroxylation is 1. The normalized spacial score (nSPS) is 10.0. The molecule has 0 aliphatic rings. The van der Waals surface area contributed by atoms with Gasteiger partial charge in [0.05, 0.1) is 25.5 Å². The van der Waals surface area contributed by atoms with Gasteiger partial charge in [0, 0.05) is 17.7 Å². The molecule has 0 radical (unpaired) electrons. The molecule has 2 rings (SSSR count). The highest BCUT2D eigenvalue weighted by Gasteiger charge is 2.15. The first-order chi connectivity index (χ1) is 13.8. The molecule has 5 N–H and O–H groups in total. The van der Waals surface area contributed by atoms with Gasteiger partial charge in [0.1, 0.15) is 0 Å². The third-order valence-corrected chi connectivity index (χ3v) is 3.97. The van der Waals surface area contributed by atoms with Gasteiger partial charge in [0.25, 0.3) is 5.91 Å². The Morgan fingerprint density at radius 3 is 2.45 bits per heavy atom.